The van der Waals surface area contributed by atoms with E-state index in [-0.39, 0.29) is 5.56 Å². The quantitative estimate of drug-likeness (QED) is 0.797. The van der Waals surface area contributed by atoms with Crippen molar-refractivity contribution in [1.29, 1.82) is 0 Å². The van der Waals surface area contributed by atoms with Crippen LogP contribution in [0.5, 0.6) is 0 Å². The Balaban J connectivity index is 2.07. The number of fused-ring (bicyclic) bond motifs is 1. The highest BCUT2D eigenvalue weighted by Crippen LogP contribution is 2.40. The fraction of sp³-hybridized carbons (Fsp3) is 0.143. The van der Waals surface area contributed by atoms with Gasteiger partial charge < -0.3 is 9.84 Å². The number of thioether (sulfide) groups is 1. The summed E-state index contributed by atoms with van der Waals surface area (Å²) in [5.74, 6) is -0.973. The molecule has 1 aromatic carbocycles. The molecular formula is C14H10O4S. The van der Waals surface area contributed by atoms with Crippen LogP contribution in [0.1, 0.15) is 33.6 Å². The van der Waals surface area contributed by atoms with Gasteiger partial charge >= 0.3 is 11.9 Å². The normalized spacial score (nSPS) is 17.4. The van der Waals surface area contributed by atoms with Gasteiger partial charge in [-0.15, -0.1) is 0 Å². The second kappa shape index (κ2) is 4.59. The number of rotatable bonds is 1. The van der Waals surface area contributed by atoms with E-state index in [2.05, 4.69) is 0 Å². The number of carboxylic acid groups (broad SMARTS) is 1. The second-order valence-corrected chi connectivity index (χ2v) is 5.37. The minimum Gasteiger partial charge on any atom is -0.478 e. The van der Waals surface area contributed by atoms with E-state index in [1.807, 2.05) is 6.08 Å². The maximum atomic E-state index is 12.0. The van der Waals surface area contributed by atoms with Gasteiger partial charge in [-0.25, -0.2) is 9.59 Å². The van der Waals surface area contributed by atoms with Crippen LogP contribution in [0.4, 0.5) is 0 Å². The number of carbonyl (C=O) groups excluding carboxylic acids is 1. The largest absolute Gasteiger partial charge is 0.478 e. The summed E-state index contributed by atoms with van der Waals surface area (Å²) in [6.45, 7) is 0. The summed E-state index contributed by atoms with van der Waals surface area (Å²) in [7, 11) is 0. The first-order valence-corrected chi connectivity index (χ1v) is 6.64. The van der Waals surface area contributed by atoms with Crippen molar-refractivity contribution in [3.63, 3.8) is 0 Å². The third-order valence-corrected chi connectivity index (χ3v) is 4.19. The lowest BCUT2D eigenvalue weighted by molar-refractivity contribution is 0.0632. The van der Waals surface area contributed by atoms with E-state index in [0.29, 0.717) is 11.3 Å². The van der Waals surface area contributed by atoms with E-state index in [1.54, 1.807) is 12.1 Å². The van der Waals surface area contributed by atoms with Crippen LogP contribution in [-0.4, -0.2) is 17.0 Å². The van der Waals surface area contributed by atoms with Gasteiger partial charge in [0.05, 0.1) is 11.1 Å². The first kappa shape index (κ1) is 12.0. The topological polar surface area (TPSA) is 63.6 Å². The van der Waals surface area contributed by atoms with Crippen molar-refractivity contribution < 1.29 is 19.4 Å². The number of benzene rings is 1. The molecule has 3 rings (SSSR count). The number of carbonyl (C=O) groups is 2. The van der Waals surface area contributed by atoms with Crippen LogP contribution in [0.25, 0.3) is 0 Å². The fourth-order valence-electron chi connectivity index (χ4n) is 2.01. The summed E-state index contributed by atoms with van der Waals surface area (Å²) in [5.41, 5.74) is 0.402. The molecule has 0 spiro atoms. The predicted molar refractivity (Wildman–Crippen MR) is 70.1 cm³/mol. The van der Waals surface area contributed by atoms with Gasteiger partial charge in [0.25, 0.3) is 0 Å². The lowest BCUT2D eigenvalue weighted by atomic mass is 10.1. The maximum Gasteiger partial charge on any atom is 0.344 e. The highest BCUT2D eigenvalue weighted by atomic mass is 32.2. The molecule has 19 heavy (non-hydrogen) atoms. The molecule has 0 radical (unpaired) electrons. The summed E-state index contributed by atoms with van der Waals surface area (Å²) in [6.07, 6.45) is 5.52. The lowest BCUT2D eigenvalue weighted by Crippen LogP contribution is -2.07. The Labute approximate surface area is 113 Å². The van der Waals surface area contributed by atoms with Gasteiger partial charge in [0.1, 0.15) is 5.76 Å². The molecule has 0 saturated heterocycles. The van der Waals surface area contributed by atoms with Gasteiger partial charge in [-0.05, 0) is 37.1 Å². The smallest absolute Gasteiger partial charge is 0.344 e. The number of esters is 1. The van der Waals surface area contributed by atoms with Gasteiger partial charge in [0, 0.05) is 9.80 Å². The minimum absolute atomic E-state index is 0.0896. The monoisotopic (exact) mass is 274 g/mol. The Morgan fingerprint density at radius 2 is 2.21 bits per heavy atom. The number of ether oxygens (including phenoxy) is 1. The number of hydrogen-bond acceptors (Lipinski definition) is 4. The third-order valence-electron chi connectivity index (χ3n) is 2.96. The second-order valence-electron chi connectivity index (χ2n) is 4.24. The Morgan fingerprint density at radius 3 is 3.00 bits per heavy atom. The van der Waals surface area contributed by atoms with Crippen molar-refractivity contribution in [1.82, 2.24) is 0 Å². The lowest BCUT2D eigenvalue weighted by Gasteiger charge is -2.10. The molecule has 1 heterocycles. The van der Waals surface area contributed by atoms with Crippen LogP contribution in [0.3, 0.4) is 0 Å². The van der Waals surface area contributed by atoms with Gasteiger partial charge in [-0.1, -0.05) is 17.8 Å². The summed E-state index contributed by atoms with van der Waals surface area (Å²) in [5, 5.41) is 8.97. The molecule has 96 valence electrons. The van der Waals surface area contributed by atoms with E-state index in [1.165, 1.54) is 23.9 Å². The van der Waals surface area contributed by atoms with Gasteiger partial charge in [0.2, 0.25) is 0 Å². The SMILES string of the molecule is O=C(O)c1ccc2c(c1)C(=O)OC1=C(CCC=C1)S2. The molecule has 0 saturated carbocycles. The van der Waals surface area contributed by atoms with Crippen LogP contribution in [0, 0.1) is 0 Å². The summed E-state index contributed by atoms with van der Waals surface area (Å²) in [4.78, 5) is 24.7. The Kier molecular flexibility index (Phi) is 2.91. The van der Waals surface area contributed by atoms with Gasteiger partial charge in [0.15, 0.2) is 0 Å². The van der Waals surface area contributed by atoms with Crippen LogP contribution in [0.15, 0.2) is 45.9 Å². The molecule has 1 aliphatic carbocycles. The Bertz CT molecular complexity index is 643. The molecule has 0 unspecified atom stereocenters. The fourth-order valence-corrected chi connectivity index (χ4v) is 3.10. The highest BCUT2D eigenvalue weighted by Gasteiger charge is 2.25. The zero-order chi connectivity index (χ0) is 13.4. The molecule has 1 aromatic rings. The van der Waals surface area contributed by atoms with E-state index >= 15 is 0 Å². The summed E-state index contributed by atoms with van der Waals surface area (Å²) >= 11 is 1.48. The molecule has 0 fully saturated rings. The molecule has 4 nitrogen and oxygen atoms in total. The minimum atomic E-state index is -1.05. The van der Waals surface area contributed by atoms with E-state index < -0.39 is 11.9 Å². The molecule has 0 atom stereocenters. The van der Waals surface area contributed by atoms with Crippen LogP contribution >= 0.6 is 11.8 Å². The Hall–Kier alpha value is -2.01. The third kappa shape index (κ3) is 2.17. The summed E-state index contributed by atoms with van der Waals surface area (Å²) < 4.78 is 5.32. The molecule has 1 N–H and O–H groups in total. The molecule has 0 bridgehead atoms. The van der Waals surface area contributed by atoms with E-state index in [4.69, 9.17) is 9.84 Å². The molecule has 1 aliphatic heterocycles. The molecule has 2 aliphatic rings. The zero-order valence-corrected chi connectivity index (χ0v) is 10.7. The Morgan fingerprint density at radius 1 is 1.37 bits per heavy atom. The molecule has 0 amide bonds. The van der Waals surface area contributed by atoms with Crippen LogP contribution in [-0.2, 0) is 4.74 Å². The zero-order valence-electron chi connectivity index (χ0n) is 9.88. The van der Waals surface area contributed by atoms with Crippen molar-refractivity contribution in [3.8, 4) is 0 Å². The van der Waals surface area contributed by atoms with Crippen LogP contribution < -0.4 is 0 Å². The van der Waals surface area contributed by atoms with Crippen molar-refractivity contribution >= 4 is 23.7 Å². The van der Waals surface area contributed by atoms with Crippen molar-refractivity contribution in [3.05, 3.63) is 52.1 Å². The maximum absolute atomic E-state index is 12.0. The molecular weight excluding hydrogens is 264 g/mol. The number of aromatic carboxylic acids is 1. The van der Waals surface area contributed by atoms with Crippen LogP contribution in [0.2, 0.25) is 0 Å². The van der Waals surface area contributed by atoms with Gasteiger partial charge in [-0.3, -0.25) is 0 Å². The number of allylic oxidation sites excluding steroid dienone is 3. The van der Waals surface area contributed by atoms with Crippen molar-refractivity contribution in [2.24, 2.45) is 0 Å². The van der Waals surface area contributed by atoms with Gasteiger partial charge in [-0.2, -0.15) is 0 Å². The summed E-state index contributed by atoms with van der Waals surface area (Å²) in [6, 6.07) is 4.54. The standard InChI is InChI=1S/C14H10O4S/c15-13(16)8-5-6-11-9(7-8)14(17)18-10-3-1-2-4-12(10)19-11/h1,3,5-7H,2,4H2,(H,15,16). The number of hydrogen-bond donors (Lipinski definition) is 1. The highest BCUT2D eigenvalue weighted by molar-refractivity contribution is 8.03. The predicted octanol–water partition coefficient (Wildman–Crippen LogP) is 3.21. The first-order valence-electron chi connectivity index (χ1n) is 5.82. The van der Waals surface area contributed by atoms with E-state index in [9.17, 15) is 9.59 Å². The van der Waals surface area contributed by atoms with Crippen molar-refractivity contribution in [2.45, 2.75) is 17.7 Å². The average Bonchev–Trinajstić information content (AvgIpc) is 2.54. The number of carboxylic acids is 1. The van der Waals surface area contributed by atoms with Crippen molar-refractivity contribution in [2.75, 3.05) is 0 Å². The van der Waals surface area contributed by atoms with E-state index in [0.717, 1.165) is 22.6 Å². The average molecular weight is 274 g/mol. The first-order chi connectivity index (χ1) is 9.15. The molecule has 5 heteroatoms. The molecule has 0 aromatic heterocycles.